The Bertz CT molecular complexity index is 626. The molecule has 5 nitrogen and oxygen atoms in total. The van der Waals surface area contributed by atoms with Gasteiger partial charge in [-0.05, 0) is 38.8 Å². The predicted molar refractivity (Wildman–Crippen MR) is 103 cm³/mol. The lowest BCUT2D eigenvalue weighted by atomic mass is 10.0. The number of carbonyl (C=O) groups excluding carboxylic acids is 2. The van der Waals surface area contributed by atoms with E-state index in [2.05, 4.69) is 11.4 Å². The van der Waals surface area contributed by atoms with Crippen molar-refractivity contribution in [3.8, 4) is 0 Å². The van der Waals surface area contributed by atoms with E-state index in [1.54, 1.807) is 0 Å². The summed E-state index contributed by atoms with van der Waals surface area (Å²) in [5.74, 6) is 0.250. The molecule has 1 aromatic rings. The highest BCUT2D eigenvalue weighted by Gasteiger charge is 2.28. The van der Waals surface area contributed by atoms with Gasteiger partial charge in [-0.15, -0.1) is 0 Å². The van der Waals surface area contributed by atoms with Crippen LogP contribution < -0.4 is 5.32 Å². The van der Waals surface area contributed by atoms with Gasteiger partial charge in [0.1, 0.15) is 0 Å². The van der Waals surface area contributed by atoms with Crippen molar-refractivity contribution in [1.82, 2.24) is 15.1 Å². The third-order valence-electron chi connectivity index (χ3n) is 5.53. The highest BCUT2D eigenvalue weighted by Crippen LogP contribution is 2.26. The van der Waals surface area contributed by atoms with Crippen molar-refractivity contribution in [3.63, 3.8) is 0 Å². The van der Waals surface area contributed by atoms with Gasteiger partial charge in [-0.2, -0.15) is 0 Å². The molecular weight excluding hydrogens is 326 g/mol. The maximum atomic E-state index is 13.2. The van der Waals surface area contributed by atoms with E-state index in [1.165, 1.54) is 12.8 Å². The molecule has 1 N–H and O–H groups in total. The molecule has 0 aromatic heterocycles. The fourth-order valence-corrected chi connectivity index (χ4v) is 4.22. The minimum Gasteiger partial charge on any atom is -0.340 e. The fraction of sp³-hybridized carbons (Fsp3) is 0.619. The number of carbonyl (C=O) groups is 2. The summed E-state index contributed by atoms with van der Waals surface area (Å²) in [4.78, 5) is 29.7. The van der Waals surface area contributed by atoms with E-state index in [4.69, 9.17) is 0 Å². The third kappa shape index (κ3) is 4.64. The first kappa shape index (κ1) is 18.9. The Balaban J connectivity index is 1.70. The van der Waals surface area contributed by atoms with E-state index in [-0.39, 0.29) is 17.9 Å². The number of nitrogens with one attached hydrogen (secondary N) is 1. The molecule has 1 aliphatic carbocycles. The largest absolute Gasteiger partial charge is 0.340 e. The summed E-state index contributed by atoms with van der Waals surface area (Å²) in [6.45, 7) is 7.84. The number of rotatable bonds is 5. The van der Waals surface area contributed by atoms with Gasteiger partial charge in [-0.25, -0.2) is 0 Å². The van der Waals surface area contributed by atoms with Crippen molar-refractivity contribution in [1.29, 1.82) is 0 Å². The number of amides is 2. The Kier molecular flexibility index (Phi) is 6.30. The van der Waals surface area contributed by atoms with E-state index in [0.717, 1.165) is 55.7 Å². The Morgan fingerprint density at radius 2 is 1.69 bits per heavy atom. The Hall–Kier alpha value is -1.88. The van der Waals surface area contributed by atoms with Crippen molar-refractivity contribution in [2.75, 3.05) is 32.7 Å². The summed E-state index contributed by atoms with van der Waals surface area (Å²) >= 11 is 0. The van der Waals surface area contributed by atoms with E-state index in [0.29, 0.717) is 13.0 Å². The molecule has 0 spiro atoms. The van der Waals surface area contributed by atoms with Crippen LogP contribution >= 0.6 is 0 Å². The van der Waals surface area contributed by atoms with Gasteiger partial charge in [0.05, 0.1) is 0 Å². The zero-order chi connectivity index (χ0) is 18.5. The molecule has 5 heteroatoms. The van der Waals surface area contributed by atoms with Crippen LogP contribution in [0.2, 0.25) is 0 Å². The minimum atomic E-state index is 0.0804. The molecule has 0 unspecified atom stereocenters. The summed E-state index contributed by atoms with van der Waals surface area (Å²) in [5.41, 5.74) is 2.97. The van der Waals surface area contributed by atoms with Crippen LogP contribution in [0.15, 0.2) is 18.2 Å². The highest BCUT2D eigenvalue weighted by molar-refractivity contribution is 5.95. The fourth-order valence-electron chi connectivity index (χ4n) is 4.22. The van der Waals surface area contributed by atoms with Crippen LogP contribution in [-0.2, 0) is 4.79 Å². The lowest BCUT2D eigenvalue weighted by Gasteiger charge is -2.31. The first-order valence-corrected chi connectivity index (χ1v) is 9.92. The maximum Gasteiger partial charge on any atom is 0.254 e. The molecule has 3 rings (SSSR count). The normalized spacial score (nSPS) is 18.2. The molecule has 2 aliphatic rings. The van der Waals surface area contributed by atoms with Gasteiger partial charge in [0.15, 0.2) is 0 Å². The number of hydrogen-bond donors (Lipinski definition) is 1. The summed E-state index contributed by atoms with van der Waals surface area (Å²) in [5, 5.41) is 3.27. The molecule has 26 heavy (non-hydrogen) atoms. The first-order valence-electron chi connectivity index (χ1n) is 9.92. The zero-order valence-corrected chi connectivity index (χ0v) is 16.1. The lowest BCUT2D eigenvalue weighted by molar-refractivity contribution is -0.132. The quantitative estimate of drug-likeness (QED) is 0.881. The van der Waals surface area contributed by atoms with Gasteiger partial charge in [-0.1, -0.05) is 30.0 Å². The average molecular weight is 357 g/mol. The van der Waals surface area contributed by atoms with Crippen molar-refractivity contribution in [2.45, 2.75) is 52.0 Å². The van der Waals surface area contributed by atoms with Gasteiger partial charge < -0.3 is 15.1 Å². The number of piperazine rings is 1. The standard InChI is InChI=1S/C21H31N3O2/c1-16-13-17(2)15-18(14-16)21(26)24(19-5-3-4-6-19)10-7-20(25)23-11-8-22-9-12-23/h13-15,19,22H,3-12H2,1-2H3. The van der Waals surface area contributed by atoms with Crippen molar-refractivity contribution in [2.24, 2.45) is 0 Å². The molecule has 0 radical (unpaired) electrons. The maximum absolute atomic E-state index is 13.2. The van der Waals surface area contributed by atoms with Crippen molar-refractivity contribution in [3.05, 3.63) is 34.9 Å². The Morgan fingerprint density at radius 1 is 1.08 bits per heavy atom. The van der Waals surface area contributed by atoms with Crippen LogP contribution in [0.1, 0.15) is 53.6 Å². The van der Waals surface area contributed by atoms with Crippen LogP contribution in [0, 0.1) is 13.8 Å². The summed E-state index contributed by atoms with van der Waals surface area (Å²) in [7, 11) is 0. The van der Waals surface area contributed by atoms with E-state index < -0.39 is 0 Å². The van der Waals surface area contributed by atoms with Gasteiger partial charge in [0, 0.05) is 50.7 Å². The molecule has 2 amide bonds. The predicted octanol–water partition coefficient (Wildman–Crippen LogP) is 2.51. The van der Waals surface area contributed by atoms with Crippen LogP contribution in [-0.4, -0.2) is 60.4 Å². The van der Waals surface area contributed by atoms with Crippen LogP contribution in [0.5, 0.6) is 0 Å². The van der Waals surface area contributed by atoms with Gasteiger partial charge in [0.2, 0.25) is 5.91 Å². The number of nitrogens with zero attached hydrogens (tertiary/aromatic N) is 2. The van der Waals surface area contributed by atoms with E-state index in [1.807, 2.05) is 35.8 Å². The minimum absolute atomic E-state index is 0.0804. The van der Waals surface area contributed by atoms with Gasteiger partial charge >= 0.3 is 0 Å². The Labute approximate surface area is 156 Å². The number of benzene rings is 1. The molecule has 0 bridgehead atoms. The SMILES string of the molecule is Cc1cc(C)cc(C(=O)N(CCC(=O)N2CCNCC2)C2CCCC2)c1. The molecule has 142 valence electrons. The number of hydrogen-bond acceptors (Lipinski definition) is 3. The monoisotopic (exact) mass is 357 g/mol. The molecule has 2 fully saturated rings. The lowest BCUT2D eigenvalue weighted by Crippen LogP contribution is -2.48. The van der Waals surface area contributed by atoms with Gasteiger partial charge in [0.25, 0.3) is 5.91 Å². The molecule has 1 heterocycles. The first-order chi connectivity index (χ1) is 12.5. The molecule has 1 saturated heterocycles. The third-order valence-corrected chi connectivity index (χ3v) is 5.53. The van der Waals surface area contributed by atoms with E-state index in [9.17, 15) is 9.59 Å². The highest BCUT2D eigenvalue weighted by atomic mass is 16.2. The molecular formula is C21H31N3O2. The number of aryl methyl sites for hydroxylation is 2. The molecule has 1 aromatic carbocycles. The van der Waals surface area contributed by atoms with Crippen molar-refractivity contribution >= 4 is 11.8 Å². The van der Waals surface area contributed by atoms with Crippen molar-refractivity contribution < 1.29 is 9.59 Å². The second-order valence-electron chi connectivity index (χ2n) is 7.69. The summed E-state index contributed by atoms with van der Waals surface area (Å²) in [6, 6.07) is 6.30. The summed E-state index contributed by atoms with van der Waals surface area (Å²) < 4.78 is 0. The average Bonchev–Trinajstić information content (AvgIpc) is 3.16. The van der Waals surface area contributed by atoms with Crippen LogP contribution in [0.4, 0.5) is 0 Å². The molecule has 0 atom stereocenters. The topological polar surface area (TPSA) is 52.7 Å². The molecule has 1 saturated carbocycles. The van der Waals surface area contributed by atoms with Gasteiger partial charge in [-0.3, -0.25) is 9.59 Å². The second-order valence-corrected chi connectivity index (χ2v) is 7.69. The zero-order valence-electron chi connectivity index (χ0n) is 16.1. The summed E-state index contributed by atoms with van der Waals surface area (Å²) in [6.07, 6.45) is 4.88. The second kappa shape index (κ2) is 8.67. The molecule has 1 aliphatic heterocycles. The van der Waals surface area contributed by atoms with Crippen LogP contribution in [0.3, 0.4) is 0 Å². The van der Waals surface area contributed by atoms with Crippen LogP contribution in [0.25, 0.3) is 0 Å². The Morgan fingerprint density at radius 3 is 2.31 bits per heavy atom. The van der Waals surface area contributed by atoms with E-state index >= 15 is 0 Å². The smallest absolute Gasteiger partial charge is 0.254 e.